The Morgan fingerprint density at radius 3 is 2.29 bits per heavy atom. The third kappa shape index (κ3) is 6.01. The number of hydrogen-bond acceptors (Lipinski definition) is 2. The van der Waals surface area contributed by atoms with Crippen molar-refractivity contribution in [2.75, 3.05) is 6.54 Å². The number of amides is 2. The fourth-order valence-electron chi connectivity index (χ4n) is 2.93. The molecular formula is C21H27Cl2N3O2. The summed E-state index contributed by atoms with van der Waals surface area (Å²) in [6.07, 6.45) is 2.65. The zero-order chi connectivity index (χ0) is 20.7. The Labute approximate surface area is 176 Å². The van der Waals surface area contributed by atoms with Gasteiger partial charge in [0.25, 0.3) is 5.91 Å². The van der Waals surface area contributed by atoms with Crippen molar-refractivity contribution in [3.63, 3.8) is 0 Å². The summed E-state index contributed by atoms with van der Waals surface area (Å²) in [7, 11) is 1.95. The Kier molecular flexibility index (Phi) is 8.39. The average molecular weight is 424 g/mol. The third-order valence-corrected chi connectivity index (χ3v) is 5.24. The van der Waals surface area contributed by atoms with Crippen molar-refractivity contribution in [3.05, 3.63) is 59.9 Å². The Balaban J connectivity index is 2.23. The first-order valence-corrected chi connectivity index (χ1v) is 10.2. The lowest BCUT2D eigenvalue weighted by Crippen LogP contribution is -2.48. The molecule has 0 radical (unpaired) electrons. The lowest BCUT2D eigenvalue weighted by atomic mass is 10.2. The number of carbonyl (C=O) groups excluding carboxylic acids is 2. The molecule has 1 aromatic carbocycles. The van der Waals surface area contributed by atoms with Crippen LogP contribution in [0.2, 0.25) is 0 Å². The van der Waals surface area contributed by atoms with Gasteiger partial charge in [0.15, 0.2) is 4.84 Å². The summed E-state index contributed by atoms with van der Waals surface area (Å²) in [5.41, 5.74) is 2.04. The molecule has 0 N–H and O–H groups in total. The second kappa shape index (κ2) is 10.5. The van der Waals surface area contributed by atoms with Gasteiger partial charge in [-0.3, -0.25) is 9.59 Å². The molecule has 1 heterocycles. The van der Waals surface area contributed by atoms with Gasteiger partial charge in [-0.25, -0.2) is 0 Å². The number of alkyl halides is 2. The van der Waals surface area contributed by atoms with Crippen LogP contribution in [0.25, 0.3) is 0 Å². The van der Waals surface area contributed by atoms with E-state index in [1.807, 2.05) is 74.1 Å². The van der Waals surface area contributed by atoms with Crippen molar-refractivity contribution in [1.29, 1.82) is 0 Å². The van der Waals surface area contributed by atoms with Crippen molar-refractivity contribution in [2.45, 2.75) is 44.2 Å². The molecule has 0 aliphatic heterocycles. The maximum atomic E-state index is 13.2. The van der Waals surface area contributed by atoms with Crippen LogP contribution in [-0.2, 0) is 29.7 Å². The molecule has 0 saturated carbocycles. The topological polar surface area (TPSA) is 45.6 Å². The molecule has 1 unspecified atom stereocenters. The standard InChI is InChI=1S/C21H27Cl2N3O2/c1-4-16(2)26(21(28)20(22)23)15-19(27)25(13-17-9-6-5-7-10-17)14-18-11-8-12-24(18)3/h5-12,16,20H,4,13-15H2,1-3H3. The van der Waals surface area contributed by atoms with Gasteiger partial charge in [-0.05, 0) is 31.0 Å². The highest BCUT2D eigenvalue weighted by atomic mass is 35.5. The fraction of sp³-hybridized carbons (Fsp3) is 0.429. The lowest BCUT2D eigenvalue weighted by molar-refractivity contribution is -0.142. The van der Waals surface area contributed by atoms with E-state index in [2.05, 4.69) is 0 Å². The summed E-state index contributed by atoms with van der Waals surface area (Å²) in [4.78, 5) is 27.6. The van der Waals surface area contributed by atoms with E-state index in [-0.39, 0.29) is 18.5 Å². The van der Waals surface area contributed by atoms with Crippen LogP contribution in [0.1, 0.15) is 31.5 Å². The van der Waals surface area contributed by atoms with Gasteiger partial charge in [-0.2, -0.15) is 0 Å². The Morgan fingerprint density at radius 1 is 1.07 bits per heavy atom. The van der Waals surface area contributed by atoms with Crippen LogP contribution in [0.15, 0.2) is 48.7 Å². The molecule has 1 aromatic heterocycles. The van der Waals surface area contributed by atoms with Crippen molar-refractivity contribution in [2.24, 2.45) is 7.05 Å². The number of carbonyl (C=O) groups is 2. The average Bonchev–Trinajstić information content (AvgIpc) is 3.09. The van der Waals surface area contributed by atoms with E-state index >= 15 is 0 Å². The molecule has 1 atom stereocenters. The molecule has 28 heavy (non-hydrogen) atoms. The van der Waals surface area contributed by atoms with Crippen LogP contribution < -0.4 is 0 Å². The zero-order valence-electron chi connectivity index (χ0n) is 16.5. The quantitative estimate of drug-likeness (QED) is 0.572. The van der Waals surface area contributed by atoms with Crippen LogP contribution in [0.4, 0.5) is 0 Å². The monoisotopic (exact) mass is 423 g/mol. The molecule has 0 spiro atoms. The van der Waals surface area contributed by atoms with Crippen molar-refractivity contribution >= 4 is 35.0 Å². The summed E-state index contributed by atoms with van der Waals surface area (Å²) in [5, 5.41) is 0. The van der Waals surface area contributed by atoms with Gasteiger partial charge in [-0.1, -0.05) is 60.5 Å². The first-order valence-electron chi connectivity index (χ1n) is 9.34. The molecule has 0 bridgehead atoms. The zero-order valence-corrected chi connectivity index (χ0v) is 18.0. The lowest BCUT2D eigenvalue weighted by Gasteiger charge is -2.31. The predicted molar refractivity (Wildman–Crippen MR) is 113 cm³/mol. The minimum atomic E-state index is -1.18. The summed E-state index contributed by atoms with van der Waals surface area (Å²) in [5.74, 6) is -0.586. The smallest absolute Gasteiger partial charge is 0.256 e. The van der Waals surface area contributed by atoms with Crippen LogP contribution in [0.3, 0.4) is 0 Å². The van der Waals surface area contributed by atoms with Gasteiger partial charge >= 0.3 is 0 Å². The first kappa shape index (κ1) is 22.3. The first-order chi connectivity index (χ1) is 13.3. The van der Waals surface area contributed by atoms with Gasteiger partial charge in [0.2, 0.25) is 5.91 Å². The fourth-order valence-corrected chi connectivity index (χ4v) is 3.19. The molecule has 2 rings (SSSR count). The number of benzene rings is 1. The number of aromatic nitrogens is 1. The summed E-state index contributed by atoms with van der Waals surface area (Å²) >= 11 is 11.6. The summed E-state index contributed by atoms with van der Waals surface area (Å²) in [6.45, 7) is 4.70. The van der Waals surface area contributed by atoms with Gasteiger partial charge in [0, 0.05) is 31.5 Å². The van der Waals surface area contributed by atoms with E-state index in [1.54, 1.807) is 4.90 Å². The number of hydrogen-bond donors (Lipinski definition) is 0. The van der Waals surface area contributed by atoms with Gasteiger partial charge in [-0.15, -0.1) is 0 Å². The van der Waals surface area contributed by atoms with Gasteiger partial charge in [0.05, 0.1) is 6.54 Å². The van der Waals surface area contributed by atoms with E-state index in [4.69, 9.17) is 23.2 Å². The predicted octanol–water partition coefficient (Wildman–Crippen LogP) is 3.98. The number of aryl methyl sites for hydroxylation is 1. The summed E-state index contributed by atoms with van der Waals surface area (Å²) < 4.78 is 1.98. The van der Waals surface area contributed by atoms with Crippen LogP contribution in [0, 0.1) is 0 Å². The van der Waals surface area contributed by atoms with E-state index in [1.165, 1.54) is 4.90 Å². The van der Waals surface area contributed by atoms with Crippen LogP contribution >= 0.6 is 23.2 Å². The van der Waals surface area contributed by atoms with E-state index in [0.29, 0.717) is 19.5 Å². The molecule has 0 aliphatic carbocycles. The number of rotatable bonds is 9. The van der Waals surface area contributed by atoms with Crippen molar-refractivity contribution in [3.8, 4) is 0 Å². The highest BCUT2D eigenvalue weighted by Gasteiger charge is 2.28. The Bertz CT molecular complexity index is 777. The van der Waals surface area contributed by atoms with E-state index < -0.39 is 10.7 Å². The highest BCUT2D eigenvalue weighted by molar-refractivity contribution is 6.53. The van der Waals surface area contributed by atoms with Crippen molar-refractivity contribution in [1.82, 2.24) is 14.4 Å². The molecule has 5 nitrogen and oxygen atoms in total. The second-order valence-electron chi connectivity index (χ2n) is 6.87. The molecule has 0 saturated heterocycles. The molecule has 7 heteroatoms. The second-order valence-corrected chi connectivity index (χ2v) is 7.97. The molecule has 2 aromatic rings. The Hall–Kier alpha value is -1.98. The van der Waals surface area contributed by atoms with Gasteiger partial charge in [0.1, 0.15) is 6.54 Å². The maximum absolute atomic E-state index is 13.2. The molecule has 152 valence electrons. The third-order valence-electron chi connectivity index (χ3n) is 4.87. The SMILES string of the molecule is CCC(C)N(CC(=O)N(Cc1ccccc1)Cc1cccn1C)C(=O)C(Cl)Cl. The molecule has 0 fully saturated rings. The molecule has 0 aliphatic rings. The summed E-state index contributed by atoms with van der Waals surface area (Å²) in [6, 6.07) is 13.6. The largest absolute Gasteiger partial charge is 0.353 e. The maximum Gasteiger partial charge on any atom is 0.256 e. The highest BCUT2D eigenvalue weighted by Crippen LogP contribution is 2.15. The molecule has 2 amide bonds. The van der Waals surface area contributed by atoms with Gasteiger partial charge < -0.3 is 14.4 Å². The van der Waals surface area contributed by atoms with E-state index in [9.17, 15) is 9.59 Å². The Morgan fingerprint density at radius 2 is 1.75 bits per heavy atom. The number of halogens is 2. The minimum absolute atomic E-state index is 0.0545. The van der Waals surface area contributed by atoms with Crippen LogP contribution in [-0.4, -0.2) is 43.6 Å². The normalized spacial score (nSPS) is 12.1. The molecular weight excluding hydrogens is 397 g/mol. The number of nitrogens with zero attached hydrogens (tertiary/aromatic N) is 3. The van der Waals surface area contributed by atoms with Crippen LogP contribution in [0.5, 0.6) is 0 Å². The van der Waals surface area contributed by atoms with Crippen molar-refractivity contribution < 1.29 is 9.59 Å². The minimum Gasteiger partial charge on any atom is -0.353 e. The van der Waals surface area contributed by atoms with E-state index in [0.717, 1.165) is 11.3 Å².